The number of hydrogen-bond acceptors (Lipinski definition) is 7. The number of benzene rings is 1. The number of pyridine rings is 2. The van der Waals surface area contributed by atoms with Gasteiger partial charge in [-0.15, -0.1) is 0 Å². The lowest BCUT2D eigenvalue weighted by Gasteiger charge is -2.31. The molecule has 4 N–H and O–H groups in total. The summed E-state index contributed by atoms with van der Waals surface area (Å²) in [5.41, 5.74) is 9.56. The molecule has 9 heteroatoms. The van der Waals surface area contributed by atoms with Crippen LogP contribution in [0.4, 0.5) is 21.6 Å². The van der Waals surface area contributed by atoms with Crippen LogP contribution < -0.4 is 16.0 Å². The van der Waals surface area contributed by atoms with Gasteiger partial charge < -0.3 is 16.0 Å². The molecule has 0 aliphatic carbocycles. The number of nitrogens with one attached hydrogen (secondary N) is 2. The quantitative estimate of drug-likeness (QED) is 0.233. The molecule has 0 radical (unpaired) electrons. The molecule has 222 valence electrons. The normalized spacial score (nSPS) is 20.0. The van der Waals surface area contributed by atoms with Crippen molar-refractivity contribution in [1.29, 1.82) is 5.41 Å². The van der Waals surface area contributed by atoms with Crippen molar-refractivity contribution < 1.29 is 9.18 Å². The first-order valence-electron chi connectivity index (χ1n) is 15.2. The molecule has 2 saturated heterocycles. The third-order valence-electron chi connectivity index (χ3n) is 8.83. The highest BCUT2D eigenvalue weighted by atomic mass is 19.1. The van der Waals surface area contributed by atoms with Gasteiger partial charge in [-0.2, -0.15) is 0 Å². The Morgan fingerprint density at radius 1 is 0.976 bits per heavy atom. The number of nitrogen functional groups attached to an aromatic ring is 1. The highest BCUT2D eigenvalue weighted by molar-refractivity contribution is 6.48. The smallest absolute Gasteiger partial charge is 0.274 e. The third kappa shape index (κ3) is 7.13. The molecule has 42 heavy (non-hydrogen) atoms. The summed E-state index contributed by atoms with van der Waals surface area (Å²) in [5.74, 6) is 0.376. The van der Waals surface area contributed by atoms with Gasteiger partial charge >= 0.3 is 0 Å². The summed E-state index contributed by atoms with van der Waals surface area (Å²) < 4.78 is 15.2. The molecule has 5 rings (SSSR count). The van der Waals surface area contributed by atoms with Crippen LogP contribution in [0.5, 0.6) is 0 Å². The fourth-order valence-corrected chi connectivity index (χ4v) is 5.96. The van der Waals surface area contributed by atoms with Gasteiger partial charge in [0, 0.05) is 54.9 Å². The topological polar surface area (TPSA) is 111 Å². The van der Waals surface area contributed by atoms with E-state index >= 15 is 4.39 Å². The van der Waals surface area contributed by atoms with E-state index in [0.29, 0.717) is 28.9 Å². The minimum Gasteiger partial charge on any atom is -0.398 e. The maximum atomic E-state index is 15.2. The van der Waals surface area contributed by atoms with Gasteiger partial charge in [0.05, 0.1) is 11.9 Å². The second-order valence-corrected chi connectivity index (χ2v) is 12.0. The van der Waals surface area contributed by atoms with E-state index in [1.165, 1.54) is 31.5 Å². The van der Waals surface area contributed by atoms with Gasteiger partial charge in [0.2, 0.25) is 0 Å². The molecule has 2 aliphatic rings. The average molecular weight is 572 g/mol. The van der Waals surface area contributed by atoms with Gasteiger partial charge in [-0.25, -0.2) is 9.37 Å². The van der Waals surface area contributed by atoms with E-state index in [1.54, 1.807) is 18.3 Å². The summed E-state index contributed by atoms with van der Waals surface area (Å²) in [5, 5.41) is 11.2. The van der Waals surface area contributed by atoms with Crippen LogP contribution in [0.2, 0.25) is 0 Å². The van der Waals surface area contributed by atoms with Crippen LogP contribution in [-0.2, 0) is 11.3 Å². The highest BCUT2D eigenvalue weighted by Crippen LogP contribution is 2.28. The van der Waals surface area contributed by atoms with Gasteiger partial charge in [0.25, 0.3) is 5.91 Å². The van der Waals surface area contributed by atoms with Crippen molar-refractivity contribution >= 4 is 28.8 Å². The van der Waals surface area contributed by atoms with Crippen LogP contribution >= 0.6 is 0 Å². The lowest BCUT2D eigenvalue weighted by molar-refractivity contribution is -0.110. The number of nitrogens with zero attached hydrogens (tertiary/aromatic N) is 4. The Hall–Kier alpha value is -3.85. The molecule has 1 aromatic carbocycles. The number of aromatic nitrogens is 2. The van der Waals surface area contributed by atoms with Gasteiger partial charge in [0.1, 0.15) is 5.71 Å². The number of carbonyl (C=O) groups is 1. The molecular weight excluding hydrogens is 529 g/mol. The maximum Gasteiger partial charge on any atom is 0.274 e. The minimum absolute atomic E-state index is 0.198. The Kier molecular flexibility index (Phi) is 9.47. The second kappa shape index (κ2) is 13.4. The number of hydrogen-bond donors (Lipinski definition) is 3. The Morgan fingerprint density at radius 3 is 2.55 bits per heavy atom. The van der Waals surface area contributed by atoms with E-state index in [1.807, 2.05) is 17.2 Å². The lowest BCUT2D eigenvalue weighted by atomic mass is 9.87. The van der Waals surface area contributed by atoms with Crippen LogP contribution in [0.25, 0.3) is 11.1 Å². The monoisotopic (exact) mass is 571 g/mol. The molecule has 0 saturated carbocycles. The number of halogens is 1. The van der Waals surface area contributed by atoms with Gasteiger partial charge in [-0.05, 0) is 86.4 Å². The first-order valence-corrected chi connectivity index (χ1v) is 15.2. The zero-order valence-electron chi connectivity index (χ0n) is 24.7. The standard InChI is InChI=1S/C33H42FN7O/c1-22-7-6-13-41(14-10-23(22)2)32-29(34)17-27(20-38-32)39-33(42)31(36)28-16-25(8-9-30(28)35)26-15-24(18-37-19-26)21-40-11-4-3-5-12-40/h8-9,15-20,22-23,36H,3-7,10-14,21,35H2,1-2H3,(H,39,42). The Balaban J connectivity index is 1.27. The van der Waals surface area contributed by atoms with E-state index in [0.717, 1.165) is 68.7 Å². The van der Waals surface area contributed by atoms with Crippen LogP contribution in [-0.4, -0.2) is 52.7 Å². The molecular formula is C33H42FN7O. The van der Waals surface area contributed by atoms with Crippen molar-refractivity contribution in [2.45, 2.75) is 58.9 Å². The van der Waals surface area contributed by atoms with Crippen molar-refractivity contribution in [2.75, 3.05) is 42.1 Å². The van der Waals surface area contributed by atoms with Crippen LogP contribution in [0.1, 0.15) is 63.5 Å². The molecule has 2 fully saturated rings. The Labute approximate surface area is 248 Å². The first-order chi connectivity index (χ1) is 20.3. The van der Waals surface area contributed by atoms with Crippen molar-refractivity contribution in [3.8, 4) is 11.1 Å². The minimum atomic E-state index is -0.682. The van der Waals surface area contributed by atoms with E-state index < -0.39 is 11.7 Å². The number of nitrogens with two attached hydrogens (primary N) is 1. The molecule has 4 heterocycles. The van der Waals surface area contributed by atoms with E-state index in [4.69, 9.17) is 11.1 Å². The predicted molar refractivity (Wildman–Crippen MR) is 167 cm³/mol. The summed E-state index contributed by atoms with van der Waals surface area (Å²) in [6.07, 6.45) is 11.9. The lowest BCUT2D eigenvalue weighted by Crippen LogP contribution is -2.32. The fraction of sp³-hybridized carbons (Fsp3) is 0.455. The van der Waals surface area contributed by atoms with E-state index in [9.17, 15) is 4.79 Å². The zero-order valence-corrected chi connectivity index (χ0v) is 24.7. The molecule has 2 aromatic heterocycles. The number of carbonyl (C=O) groups excluding carboxylic acids is 1. The summed E-state index contributed by atoms with van der Waals surface area (Å²) in [7, 11) is 0. The summed E-state index contributed by atoms with van der Waals surface area (Å²) in [6.45, 7) is 9.08. The molecule has 1 amide bonds. The summed E-state index contributed by atoms with van der Waals surface area (Å²) >= 11 is 0. The van der Waals surface area contributed by atoms with Gasteiger partial charge in [-0.3, -0.25) is 20.1 Å². The zero-order chi connectivity index (χ0) is 29.6. The van der Waals surface area contributed by atoms with Crippen LogP contribution in [0.3, 0.4) is 0 Å². The van der Waals surface area contributed by atoms with Gasteiger partial charge in [-0.1, -0.05) is 26.3 Å². The molecule has 3 aromatic rings. The van der Waals surface area contributed by atoms with Crippen LogP contribution in [0, 0.1) is 23.1 Å². The molecule has 0 bridgehead atoms. The highest BCUT2D eigenvalue weighted by Gasteiger charge is 2.22. The van der Waals surface area contributed by atoms with Crippen LogP contribution in [0.15, 0.2) is 48.9 Å². The third-order valence-corrected chi connectivity index (χ3v) is 8.83. The van der Waals surface area contributed by atoms with Crippen molar-refractivity contribution in [1.82, 2.24) is 14.9 Å². The Morgan fingerprint density at radius 2 is 1.76 bits per heavy atom. The number of anilines is 3. The average Bonchev–Trinajstić information content (AvgIpc) is 2.98. The second-order valence-electron chi connectivity index (χ2n) is 12.0. The predicted octanol–water partition coefficient (Wildman–Crippen LogP) is 6.12. The molecule has 8 nitrogen and oxygen atoms in total. The number of piperidine rings is 1. The number of amides is 1. The molecule has 2 unspecified atom stereocenters. The molecule has 0 spiro atoms. The molecule has 2 aliphatic heterocycles. The SMILES string of the molecule is CC1CCCN(c2ncc(NC(=O)C(=N)c3cc(-c4cncc(CN5CCCCC5)c4)ccc3N)cc2F)CCC1C. The largest absolute Gasteiger partial charge is 0.398 e. The maximum absolute atomic E-state index is 15.2. The van der Waals surface area contributed by atoms with Gasteiger partial charge in [0.15, 0.2) is 11.6 Å². The number of likely N-dealkylation sites (tertiary alicyclic amines) is 1. The first kappa shape index (κ1) is 29.6. The fourth-order valence-electron chi connectivity index (χ4n) is 5.96. The summed E-state index contributed by atoms with van der Waals surface area (Å²) in [6, 6.07) is 8.69. The van der Waals surface area contributed by atoms with E-state index in [-0.39, 0.29) is 11.4 Å². The van der Waals surface area contributed by atoms with E-state index in [2.05, 4.69) is 40.1 Å². The molecule has 2 atom stereocenters. The van der Waals surface area contributed by atoms with Crippen molar-refractivity contribution in [3.05, 3.63) is 65.9 Å². The van der Waals surface area contributed by atoms with Crippen molar-refractivity contribution in [2.24, 2.45) is 11.8 Å². The summed E-state index contributed by atoms with van der Waals surface area (Å²) in [4.78, 5) is 26.3. The van der Waals surface area contributed by atoms with Crippen molar-refractivity contribution in [3.63, 3.8) is 0 Å². The Bertz CT molecular complexity index is 1420. The number of rotatable bonds is 7.